The van der Waals surface area contributed by atoms with Gasteiger partial charge < -0.3 is 10.1 Å². The highest BCUT2D eigenvalue weighted by Crippen LogP contribution is 2.29. The van der Waals surface area contributed by atoms with Crippen molar-refractivity contribution < 1.29 is 9.53 Å². The molecule has 3 aromatic rings. The molecule has 1 fully saturated rings. The molecule has 0 radical (unpaired) electrons. The zero-order chi connectivity index (χ0) is 17.2. The van der Waals surface area contributed by atoms with Crippen molar-refractivity contribution in [1.82, 2.24) is 15.1 Å². The highest BCUT2D eigenvalue weighted by atomic mass is 32.1. The molecule has 1 atom stereocenters. The first-order valence-electron chi connectivity index (χ1n) is 8.61. The molecule has 5 nitrogen and oxygen atoms in total. The van der Waals surface area contributed by atoms with Crippen LogP contribution in [0.2, 0.25) is 0 Å². The number of ether oxygens (including phenoxy) is 1. The number of thiophene rings is 1. The van der Waals surface area contributed by atoms with Crippen molar-refractivity contribution in [2.45, 2.75) is 32.4 Å². The van der Waals surface area contributed by atoms with Crippen molar-refractivity contribution >= 4 is 27.5 Å². The number of carbonyl (C=O) groups excluding carboxylic acids is 1. The molecule has 0 saturated carbocycles. The number of rotatable bonds is 5. The zero-order valence-electron chi connectivity index (χ0n) is 14.2. The van der Waals surface area contributed by atoms with E-state index in [9.17, 15) is 4.79 Å². The Hall–Kier alpha value is -2.18. The quantitative estimate of drug-likeness (QED) is 0.763. The minimum Gasteiger partial charge on any atom is -0.376 e. The van der Waals surface area contributed by atoms with Crippen molar-refractivity contribution in [3.63, 3.8) is 0 Å². The van der Waals surface area contributed by atoms with Gasteiger partial charge >= 0.3 is 0 Å². The van der Waals surface area contributed by atoms with Gasteiger partial charge in [0.1, 0.15) is 4.83 Å². The summed E-state index contributed by atoms with van der Waals surface area (Å²) in [5, 5.41) is 8.69. The molecule has 3 heterocycles. The summed E-state index contributed by atoms with van der Waals surface area (Å²) < 4.78 is 7.55. The molecular formula is C19H21N3O2S. The molecule has 1 aromatic carbocycles. The molecule has 6 heteroatoms. The van der Waals surface area contributed by atoms with E-state index in [2.05, 4.69) is 22.5 Å². The van der Waals surface area contributed by atoms with Gasteiger partial charge in [-0.1, -0.05) is 30.3 Å². The number of hydrogen-bond acceptors (Lipinski definition) is 4. The highest BCUT2D eigenvalue weighted by Gasteiger charge is 2.19. The summed E-state index contributed by atoms with van der Waals surface area (Å²) in [7, 11) is 0. The Balaban J connectivity index is 1.53. The van der Waals surface area contributed by atoms with Gasteiger partial charge in [-0.2, -0.15) is 5.10 Å². The van der Waals surface area contributed by atoms with E-state index in [1.807, 2.05) is 35.9 Å². The van der Waals surface area contributed by atoms with Crippen molar-refractivity contribution in [2.75, 3.05) is 13.2 Å². The van der Waals surface area contributed by atoms with E-state index in [0.29, 0.717) is 13.1 Å². The monoisotopic (exact) mass is 355 g/mol. The minimum atomic E-state index is -0.0256. The summed E-state index contributed by atoms with van der Waals surface area (Å²) in [5.41, 5.74) is 2.16. The molecule has 25 heavy (non-hydrogen) atoms. The topological polar surface area (TPSA) is 56.2 Å². The van der Waals surface area contributed by atoms with Crippen LogP contribution in [0.1, 0.15) is 33.8 Å². The molecule has 1 aliphatic heterocycles. The SMILES string of the molecule is Cc1nn(Cc2ccccc2)c2sc(C(=O)NCC3CCCO3)cc12. The third-order valence-corrected chi connectivity index (χ3v) is 5.67. The van der Waals surface area contributed by atoms with Crippen LogP contribution in [0.3, 0.4) is 0 Å². The van der Waals surface area contributed by atoms with Gasteiger partial charge in [0, 0.05) is 18.5 Å². The fourth-order valence-electron chi connectivity index (χ4n) is 3.19. The Morgan fingerprint density at radius 1 is 1.40 bits per heavy atom. The Bertz CT molecular complexity index is 879. The van der Waals surface area contributed by atoms with Crippen LogP contribution < -0.4 is 5.32 Å². The van der Waals surface area contributed by atoms with E-state index in [1.165, 1.54) is 16.9 Å². The average molecular weight is 355 g/mol. The first-order chi connectivity index (χ1) is 12.2. The van der Waals surface area contributed by atoms with E-state index >= 15 is 0 Å². The predicted molar refractivity (Wildman–Crippen MR) is 99.2 cm³/mol. The first kappa shape index (κ1) is 16.3. The van der Waals surface area contributed by atoms with Crippen LogP contribution >= 0.6 is 11.3 Å². The Morgan fingerprint density at radius 3 is 3.00 bits per heavy atom. The fraction of sp³-hybridized carbons (Fsp3) is 0.368. The van der Waals surface area contributed by atoms with Crippen LogP contribution in [0.15, 0.2) is 36.4 Å². The van der Waals surface area contributed by atoms with Gasteiger partial charge in [0.2, 0.25) is 0 Å². The number of nitrogens with zero attached hydrogens (tertiary/aromatic N) is 2. The van der Waals surface area contributed by atoms with E-state index < -0.39 is 0 Å². The third-order valence-electron chi connectivity index (χ3n) is 4.52. The largest absolute Gasteiger partial charge is 0.376 e. The number of hydrogen-bond donors (Lipinski definition) is 1. The Morgan fingerprint density at radius 2 is 2.24 bits per heavy atom. The van der Waals surface area contributed by atoms with Crippen molar-refractivity contribution in [2.24, 2.45) is 0 Å². The molecule has 2 aromatic heterocycles. The van der Waals surface area contributed by atoms with Crippen LogP contribution in [0.5, 0.6) is 0 Å². The van der Waals surface area contributed by atoms with Gasteiger partial charge in [-0.3, -0.25) is 9.48 Å². The van der Waals surface area contributed by atoms with Gasteiger partial charge in [0.25, 0.3) is 5.91 Å². The summed E-state index contributed by atoms with van der Waals surface area (Å²) in [6, 6.07) is 12.2. The summed E-state index contributed by atoms with van der Waals surface area (Å²) >= 11 is 1.50. The van der Waals surface area contributed by atoms with Gasteiger partial charge in [-0.05, 0) is 31.4 Å². The molecule has 130 valence electrons. The molecule has 1 amide bonds. The lowest BCUT2D eigenvalue weighted by Crippen LogP contribution is -2.31. The maximum absolute atomic E-state index is 12.5. The first-order valence-corrected chi connectivity index (χ1v) is 9.43. The summed E-state index contributed by atoms with van der Waals surface area (Å²) in [5.74, 6) is -0.0256. The van der Waals surface area contributed by atoms with Crippen molar-refractivity contribution in [1.29, 1.82) is 0 Å². The highest BCUT2D eigenvalue weighted by molar-refractivity contribution is 7.20. The lowest BCUT2D eigenvalue weighted by molar-refractivity contribution is 0.0861. The molecule has 4 rings (SSSR count). The van der Waals surface area contributed by atoms with Crippen LogP contribution in [0.25, 0.3) is 10.2 Å². The van der Waals surface area contributed by atoms with Gasteiger partial charge in [-0.25, -0.2) is 0 Å². The predicted octanol–water partition coefficient (Wildman–Crippen LogP) is 3.36. The van der Waals surface area contributed by atoms with E-state index in [0.717, 1.165) is 40.2 Å². The second-order valence-electron chi connectivity index (χ2n) is 6.40. The van der Waals surface area contributed by atoms with Crippen LogP contribution in [0, 0.1) is 6.92 Å². The minimum absolute atomic E-state index is 0.0256. The molecule has 1 aliphatic rings. The second-order valence-corrected chi connectivity index (χ2v) is 7.43. The lowest BCUT2D eigenvalue weighted by atomic mass is 10.2. The third kappa shape index (κ3) is 3.45. The van der Waals surface area contributed by atoms with Crippen LogP contribution in [-0.4, -0.2) is 34.9 Å². The molecule has 1 N–H and O–H groups in total. The number of fused-ring (bicyclic) bond motifs is 1. The lowest BCUT2D eigenvalue weighted by Gasteiger charge is -2.09. The number of benzene rings is 1. The number of carbonyl (C=O) groups is 1. The number of aryl methyl sites for hydroxylation is 1. The Kier molecular flexibility index (Phi) is 4.55. The maximum Gasteiger partial charge on any atom is 0.261 e. The summed E-state index contributed by atoms with van der Waals surface area (Å²) in [6.07, 6.45) is 2.27. The van der Waals surface area contributed by atoms with Gasteiger partial charge in [0.05, 0.1) is 23.2 Å². The van der Waals surface area contributed by atoms with Crippen LogP contribution in [-0.2, 0) is 11.3 Å². The van der Waals surface area contributed by atoms with Crippen molar-refractivity contribution in [3.8, 4) is 0 Å². The standard InChI is InChI=1S/C19H21N3O2S/c1-13-16-10-17(18(23)20-11-15-8-5-9-24-15)25-19(16)22(21-13)12-14-6-3-2-4-7-14/h2-4,6-7,10,15H,5,8-9,11-12H2,1H3,(H,20,23). The molecule has 0 aliphatic carbocycles. The number of nitrogens with one attached hydrogen (secondary N) is 1. The maximum atomic E-state index is 12.5. The molecule has 1 saturated heterocycles. The van der Waals surface area contributed by atoms with Crippen LogP contribution in [0.4, 0.5) is 0 Å². The summed E-state index contributed by atoms with van der Waals surface area (Å²) in [6.45, 7) is 4.09. The van der Waals surface area contributed by atoms with Gasteiger partial charge in [0.15, 0.2) is 0 Å². The molecule has 0 bridgehead atoms. The molecule has 1 unspecified atom stereocenters. The number of aromatic nitrogens is 2. The second kappa shape index (κ2) is 6.98. The molecule has 0 spiro atoms. The van der Waals surface area contributed by atoms with Crippen molar-refractivity contribution in [3.05, 3.63) is 52.5 Å². The summed E-state index contributed by atoms with van der Waals surface area (Å²) in [4.78, 5) is 14.2. The Labute approximate surface area is 150 Å². The average Bonchev–Trinajstić information content (AvgIpc) is 3.34. The van der Waals surface area contributed by atoms with E-state index in [4.69, 9.17) is 4.74 Å². The smallest absolute Gasteiger partial charge is 0.261 e. The fourth-order valence-corrected chi connectivity index (χ4v) is 4.26. The normalized spacial score (nSPS) is 17.2. The van der Waals surface area contributed by atoms with E-state index in [-0.39, 0.29) is 12.0 Å². The van der Waals surface area contributed by atoms with E-state index in [1.54, 1.807) is 0 Å². The molecular weight excluding hydrogens is 334 g/mol. The zero-order valence-corrected chi connectivity index (χ0v) is 15.0. The van der Waals surface area contributed by atoms with Gasteiger partial charge in [-0.15, -0.1) is 11.3 Å². The number of amides is 1.